The van der Waals surface area contributed by atoms with Crippen LogP contribution < -0.4 is 0 Å². The largest absolute Gasteiger partial charge is 0.208 e. The van der Waals surface area contributed by atoms with Gasteiger partial charge in [0.2, 0.25) is 0 Å². The summed E-state index contributed by atoms with van der Waals surface area (Å²) in [5.41, 5.74) is 16.4. The molecule has 5 aliphatic rings. The summed E-state index contributed by atoms with van der Waals surface area (Å²) in [7, 11) is 0. The van der Waals surface area contributed by atoms with Gasteiger partial charge in [-0.05, 0) is 118 Å². The van der Waals surface area contributed by atoms with E-state index in [1.165, 1.54) is 59.9 Å². The average Bonchev–Trinajstić information content (AvgIpc) is 3.72. The molecule has 0 unspecified atom stereocenters. The molecule has 4 saturated carbocycles. The molecule has 15 rings (SSSR count). The molecular formula is C64H48N6. The van der Waals surface area contributed by atoms with Crippen molar-refractivity contribution in [3.63, 3.8) is 0 Å². The van der Waals surface area contributed by atoms with Crippen molar-refractivity contribution in [1.29, 1.82) is 0 Å². The zero-order valence-electron chi connectivity index (χ0n) is 38.7. The van der Waals surface area contributed by atoms with Gasteiger partial charge in [0.15, 0.2) is 34.9 Å². The van der Waals surface area contributed by atoms with Gasteiger partial charge in [0.25, 0.3) is 0 Å². The quantitative estimate of drug-likeness (QED) is 0.151. The van der Waals surface area contributed by atoms with E-state index in [0.717, 1.165) is 50.8 Å². The lowest BCUT2D eigenvalue weighted by molar-refractivity contribution is -0.0399. The van der Waals surface area contributed by atoms with Crippen LogP contribution in [0.4, 0.5) is 0 Å². The lowest BCUT2D eigenvalue weighted by Crippen LogP contribution is -2.55. The summed E-state index contributed by atoms with van der Waals surface area (Å²) in [6, 6.07) is 73.1. The highest BCUT2D eigenvalue weighted by Crippen LogP contribution is 2.69. The molecule has 4 bridgehead atoms. The number of rotatable bonds is 8. The van der Waals surface area contributed by atoms with Crippen LogP contribution in [-0.2, 0) is 5.41 Å². The molecule has 1 spiro atoms. The van der Waals surface area contributed by atoms with Crippen LogP contribution in [0.15, 0.2) is 206 Å². The van der Waals surface area contributed by atoms with Crippen molar-refractivity contribution in [2.75, 3.05) is 0 Å². The lowest BCUT2D eigenvalue weighted by atomic mass is 9.43. The van der Waals surface area contributed by atoms with Gasteiger partial charge in [-0.2, -0.15) is 0 Å². The molecule has 0 aliphatic heterocycles. The van der Waals surface area contributed by atoms with E-state index in [9.17, 15) is 0 Å². The van der Waals surface area contributed by atoms with Gasteiger partial charge in [-0.1, -0.05) is 188 Å². The normalized spacial score (nSPS) is 20.3. The maximum absolute atomic E-state index is 5.08. The molecule has 8 aromatic carbocycles. The highest BCUT2D eigenvalue weighted by Gasteiger charge is 2.61. The summed E-state index contributed by atoms with van der Waals surface area (Å²) in [4.78, 5) is 30.1. The maximum atomic E-state index is 5.08. The summed E-state index contributed by atoms with van der Waals surface area (Å²) in [5, 5.41) is 0. The zero-order valence-corrected chi connectivity index (χ0v) is 38.7. The minimum absolute atomic E-state index is 0.0546. The van der Waals surface area contributed by atoms with Crippen molar-refractivity contribution < 1.29 is 0 Å². The molecule has 0 radical (unpaired) electrons. The topological polar surface area (TPSA) is 77.3 Å². The summed E-state index contributed by atoms with van der Waals surface area (Å²) >= 11 is 0. The molecule has 6 nitrogen and oxygen atoms in total. The van der Waals surface area contributed by atoms with Gasteiger partial charge in [-0.25, -0.2) is 29.9 Å². The fraction of sp³-hybridized carbons (Fsp3) is 0.156. The average molecular weight is 901 g/mol. The van der Waals surface area contributed by atoms with E-state index in [1.807, 2.05) is 72.8 Å². The van der Waals surface area contributed by atoms with Gasteiger partial charge in [-0.3, -0.25) is 0 Å². The molecule has 0 N–H and O–H groups in total. The Morgan fingerprint density at radius 1 is 0.257 bits per heavy atom. The monoisotopic (exact) mass is 900 g/mol. The first-order chi connectivity index (χ1) is 34.6. The van der Waals surface area contributed by atoms with Crippen LogP contribution in [0.5, 0.6) is 0 Å². The Kier molecular flexibility index (Phi) is 9.61. The number of hydrogen-bond donors (Lipinski definition) is 0. The second-order valence-electron chi connectivity index (χ2n) is 19.9. The number of benzene rings is 8. The van der Waals surface area contributed by atoms with E-state index in [-0.39, 0.29) is 5.41 Å². The lowest BCUT2D eigenvalue weighted by Gasteiger charge is -2.61. The van der Waals surface area contributed by atoms with Gasteiger partial charge in [0, 0.05) is 38.8 Å². The van der Waals surface area contributed by atoms with E-state index in [0.29, 0.717) is 46.8 Å². The minimum Gasteiger partial charge on any atom is -0.208 e. The summed E-state index contributed by atoms with van der Waals surface area (Å²) in [6.07, 6.45) is 6.80. The van der Waals surface area contributed by atoms with E-state index in [2.05, 4.69) is 133 Å². The van der Waals surface area contributed by atoms with Crippen molar-refractivity contribution in [2.24, 2.45) is 23.7 Å². The minimum atomic E-state index is 0.0546. The Morgan fingerprint density at radius 3 is 0.971 bits per heavy atom. The fourth-order valence-electron chi connectivity index (χ4n) is 13.1. The molecule has 6 heteroatoms. The van der Waals surface area contributed by atoms with Crippen molar-refractivity contribution in [3.8, 4) is 102 Å². The maximum Gasteiger partial charge on any atom is 0.164 e. The first kappa shape index (κ1) is 40.8. The molecule has 4 fully saturated rings. The Morgan fingerprint density at radius 2 is 0.557 bits per heavy atom. The van der Waals surface area contributed by atoms with Crippen molar-refractivity contribution in [1.82, 2.24) is 29.9 Å². The Hall–Kier alpha value is -8.22. The predicted octanol–water partition coefficient (Wildman–Crippen LogP) is 15.1. The third-order valence-corrected chi connectivity index (χ3v) is 16.0. The van der Waals surface area contributed by atoms with Crippen LogP contribution in [-0.4, -0.2) is 29.9 Å². The van der Waals surface area contributed by atoms with Crippen molar-refractivity contribution >= 4 is 0 Å². The Labute approximate surface area is 408 Å². The predicted molar refractivity (Wildman–Crippen MR) is 280 cm³/mol. The zero-order chi connectivity index (χ0) is 46.2. The second kappa shape index (κ2) is 16.5. The van der Waals surface area contributed by atoms with Crippen molar-refractivity contribution in [2.45, 2.75) is 37.5 Å². The standard InChI is InChI=1S/C64H48N6/c1-5-14-43(15-6-1)58-65-59(44-16-7-2-8-17-44)68-62(67-58)47-26-24-42(25-27-47)49-28-30-56-54(38-49)55-39-50(29-31-57(55)64(56)52-33-40-32-41(35-52)36-53(64)34-40)48-22-13-23-51(37-48)63-69-60(45-18-9-3-10-19-45)66-61(70-63)46-20-11-4-12-21-46/h1-31,37-41,52-53H,32-36H2. The number of fused-ring (bicyclic) bond motifs is 3. The van der Waals surface area contributed by atoms with Gasteiger partial charge >= 0.3 is 0 Å². The number of aromatic nitrogens is 6. The molecule has 0 saturated heterocycles. The van der Waals surface area contributed by atoms with Crippen molar-refractivity contribution in [3.05, 3.63) is 217 Å². The highest BCUT2D eigenvalue weighted by atomic mass is 15.0. The first-order valence-electron chi connectivity index (χ1n) is 24.9. The SMILES string of the molecule is c1ccc(-c2nc(-c3ccccc3)nc(-c3ccc(-c4ccc5c(c4)-c4cc(-c6cccc(-c7nc(-c8ccccc8)nc(-c8ccccc8)n7)c6)ccc4C54C5CC6CC(C5)CC4C6)cc3)n2)cc1. The van der Waals surface area contributed by atoms with Crippen LogP contribution in [0.2, 0.25) is 0 Å². The number of hydrogen-bond acceptors (Lipinski definition) is 6. The van der Waals surface area contributed by atoms with Crippen LogP contribution in [0.3, 0.4) is 0 Å². The molecule has 0 atom stereocenters. The van der Waals surface area contributed by atoms with E-state index < -0.39 is 0 Å². The smallest absolute Gasteiger partial charge is 0.164 e. The van der Waals surface area contributed by atoms with Crippen LogP contribution in [0.25, 0.3) is 102 Å². The first-order valence-corrected chi connectivity index (χ1v) is 24.9. The van der Waals surface area contributed by atoms with E-state index >= 15 is 0 Å². The second-order valence-corrected chi connectivity index (χ2v) is 19.9. The molecule has 10 aromatic rings. The van der Waals surface area contributed by atoms with Gasteiger partial charge in [-0.15, -0.1) is 0 Å². The van der Waals surface area contributed by atoms with E-state index in [4.69, 9.17) is 29.9 Å². The summed E-state index contributed by atoms with van der Waals surface area (Å²) in [6.45, 7) is 0. The fourth-order valence-corrected chi connectivity index (χ4v) is 13.1. The molecule has 334 valence electrons. The Balaban J connectivity index is 0.858. The summed E-state index contributed by atoms with van der Waals surface area (Å²) in [5.74, 6) is 7.06. The number of nitrogens with zero attached hydrogens (tertiary/aromatic N) is 6. The molecule has 5 aliphatic carbocycles. The highest BCUT2D eigenvalue weighted by molar-refractivity contribution is 5.89. The molecule has 0 amide bonds. The molecular weight excluding hydrogens is 853 g/mol. The molecule has 2 aromatic heterocycles. The van der Waals surface area contributed by atoms with E-state index in [1.54, 1.807) is 11.1 Å². The molecule has 70 heavy (non-hydrogen) atoms. The van der Waals surface area contributed by atoms with Crippen LogP contribution in [0, 0.1) is 23.7 Å². The van der Waals surface area contributed by atoms with Crippen LogP contribution in [0.1, 0.15) is 43.2 Å². The third kappa shape index (κ3) is 6.84. The summed E-state index contributed by atoms with van der Waals surface area (Å²) < 4.78 is 0. The van der Waals surface area contributed by atoms with Gasteiger partial charge in [0.05, 0.1) is 0 Å². The molecule has 2 heterocycles. The van der Waals surface area contributed by atoms with Gasteiger partial charge < -0.3 is 0 Å². The van der Waals surface area contributed by atoms with Crippen LogP contribution >= 0.6 is 0 Å². The Bertz CT molecular complexity index is 3450. The third-order valence-electron chi connectivity index (χ3n) is 16.0. The van der Waals surface area contributed by atoms with Gasteiger partial charge in [0.1, 0.15) is 0 Å².